The van der Waals surface area contributed by atoms with E-state index in [1.54, 1.807) is 5.06 Å². The first kappa shape index (κ1) is 17.2. The summed E-state index contributed by atoms with van der Waals surface area (Å²) in [6.07, 6.45) is 3.41. The van der Waals surface area contributed by atoms with E-state index in [9.17, 15) is 4.79 Å². The number of hydrogen-bond donors (Lipinski definition) is 1. The molecule has 2 aromatic heterocycles. The summed E-state index contributed by atoms with van der Waals surface area (Å²) in [7, 11) is 0. The Bertz CT molecular complexity index is 768. The van der Waals surface area contributed by atoms with E-state index in [1.807, 2.05) is 31.4 Å². The molecule has 0 aliphatic carbocycles. The van der Waals surface area contributed by atoms with Crippen molar-refractivity contribution in [1.82, 2.24) is 19.7 Å². The zero-order valence-corrected chi connectivity index (χ0v) is 15.7. The van der Waals surface area contributed by atoms with Crippen molar-refractivity contribution in [3.05, 3.63) is 22.6 Å². The number of rotatable bonds is 2. The van der Waals surface area contributed by atoms with Gasteiger partial charge in [-0.05, 0) is 55.6 Å². The van der Waals surface area contributed by atoms with E-state index >= 15 is 0 Å². The smallest absolute Gasteiger partial charge is 0.330 e. The van der Waals surface area contributed by atoms with E-state index in [0.717, 1.165) is 35.1 Å². The van der Waals surface area contributed by atoms with Gasteiger partial charge < -0.3 is 10.6 Å². The highest BCUT2D eigenvalue weighted by Gasteiger charge is 2.31. The molecule has 130 valence electrons. The predicted molar refractivity (Wildman–Crippen MR) is 94.2 cm³/mol. The number of carbonyl (C=O) groups excluding carboxylic acids is 1. The Hall–Kier alpha value is -1.67. The highest BCUT2D eigenvalue weighted by molar-refractivity contribution is 9.10. The number of hydrogen-bond acceptors (Lipinski definition) is 6. The van der Waals surface area contributed by atoms with Crippen LogP contribution in [0.2, 0.25) is 0 Å². The third-order valence-corrected chi connectivity index (χ3v) is 4.80. The molecule has 0 spiro atoms. The van der Waals surface area contributed by atoms with Gasteiger partial charge in [-0.1, -0.05) is 0 Å². The Labute approximate surface area is 149 Å². The van der Waals surface area contributed by atoms with Crippen LogP contribution in [0, 0.1) is 5.41 Å². The van der Waals surface area contributed by atoms with Crippen molar-refractivity contribution in [1.29, 1.82) is 0 Å². The molecular formula is C16H22BrN5O2. The number of nitrogen functional groups attached to an aromatic ring is 1. The molecular weight excluding hydrogens is 374 g/mol. The second-order valence-corrected chi connectivity index (χ2v) is 8.03. The second-order valence-electron chi connectivity index (χ2n) is 7.18. The normalized spacial score (nSPS) is 19.6. The van der Waals surface area contributed by atoms with Crippen molar-refractivity contribution in [3.8, 4) is 0 Å². The zero-order chi connectivity index (χ0) is 17.5. The van der Waals surface area contributed by atoms with Gasteiger partial charge in [-0.15, -0.1) is 5.06 Å². The van der Waals surface area contributed by atoms with Gasteiger partial charge in [0.1, 0.15) is 11.8 Å². The van der Waals surface area contributed by atoms with Gasteiger partial charge in [-0.25, -0.2) is 14.3 Å². The first-order valence-corrected chi connectivity index (χ1v) is 8.81. The number of nitrogens with zero attached hydrogens (tertiary/aromatic N) is 4. The number of anilines is 1. The number of fused-ring (bicyclic) bond motifs is 1. The monoisotopic (exact) mass is 395 g/mol. The molecule has 1 saturated heterocycles. The average molecular weight is 396 g/mol. The molecule has 0 amide bonds. The topological polar surface area (TPSA) is 85.8 Å². The molecule has 0 bridgehead atoms. The maximum Gasteiger partial charge on any atom is 0.330 e. The molecule has 2 aromatic rings. The molecule has 1 aliphatic rings. The number of halogens is 1. The van der Waals surface area contributed by atoms with Crippen molar-refractivity contribution in [2.45, 2.75) is 39.5 Å². The summed E-state index contributed by atoms with van der Waals surface area (Å²) in [5, 5.41) is 6.10. The lowest BCUT2D eigenvalue weighted by atomic mass is 9.96. The average Bonchev–Trinajstić information content (AvgIpc) is 2.85. The standard InChI is InChI=1S/C16H22BrN5O2/c1-16(2,3)15(23)24-21-6-4-5-10(8-21)12-7-11(17)13-14(18)19-9-20-22(12)13/h7,9-10H,4-6,8H2,1-3H3,(H2,18,19,20)/t10-/m1/s1. The minimum atomic E-state index is -0.514. The number of hydroxylamine groups is 2. The first-order valence-electron chi connectivity index (χ1n) is 8.02. The van der Waals surface area contributed by atoms with E-state index in [-0.39, 0.29) is 11.9 Å². The molecule has 8 heteroatoms. The lowest BCUT2D eigenvalue weighted by molar-refractivity contribution is -0.205. The molecule has 7 nitrogen and oxygen atoms in total. The summed E-state index contributed by atoms with van der Waals surface area (Å²) in [6, 6.07) is 2.03. The van der Waals surface area contributed by atoms with Crippen LogP contribution < -0.4 is 5.73 Å². The van der Waals surface area contributed by atoms with E-state index in [0.29, 0.717) is 12.4 Å². The second kappa shape index (κ2) is 6.33. The summed E-state index contributed by atoms with van der Waals surface area (Å²) >= 11 is 3.54. The van der Waals surface area contributed by atoms with Crippen molar-refractivity contribution in [2.75, 3.05) is 18.8 Å². The number of aromatic nitrogens is 3. The molecule has 0 radical (unpaired) electrons. The molecule has 0 aromatic carbocycles. The van der Waals surface area contributed by atoms with E-state index in [4.69, 9.17) is 10.6 Å². The summed E-state index contributed by atoms with van der Waals surface area (Å²) in [5.41, 5.74) is 7.26. The van der Waals surface area contributed by atoms with Gasteiger partial charge in [-0.3, -0.25) is 0 Å². The van der Waals surface area contributed by atoms with Gasteiger partial charge in [0, 0.05) is 29.2 Å². The Balaban J connectivity index is 1.83. The largest absolute Gasteiger partial charge is 0.382 e. The van der Waals surface area contributed by atoms with Crippen LogP contribution in [0.15, 0.2) is 16.9 Å². The van der Waals surface area contributed by atoms with Crippen LogP contribution in [0.25, 0.3) is 5.52 Å². The first-order chi connectivity index (χ1) is 11.3. The summed E-state index contributed by atoms with van der Waals surface area (Å²) in [6.45, 7) is 6.96. The Morgan fingerprint density at radius 1 is 1.46 bits per heavy atom. The van der Waals surface area contributed by atoms with Gasteiger partial charge in [0.15, 0.2) is 5.82 Å². The molecule has 0 unspecified atom stereocenters. The highest BCUT2D eigenvalue weighted by atomic mass is 79.9. The Morgan fingerprint density at radius 2 is 2.21 bits per heavy atom. The fraction of sp³-hybridized carbons (Fsp3) is 0.562. The fourth-order valence-corrected chi connectivity index (χ4v) is 3.46. The van der Waals surface area contributed by atoms with Crippen LogP contribution in [0.5, 0.6) is 0 Å². The van der Waals surface area contributed by atoms with Crippen molar-refractivity contribution in [2.24, 2.45) is 5.41 Å². The number of piperidine rings is 1. The number of nitrogens with two attached hydrogens (primary N) is 1. The third kappa shape index (κ3) is 3.25. The Morgan fingerprint density at radius 3 is 2.92 bits per heavy atom. The third-order valence-electron chi connectivity index (χ3n) is 4.19. The van der Waals surface area contributed by atoms with Crippen molar-refractivity contribution in [3.63, 3.8) is 0 Å². The SMILES string of the molecule is CC(C)(C)C(=O)ON1CCC[C@@H](c2cc(Br)c3c(N)ncnn23)C1. The zero-order valence-electron chi connectivity index (χ0n) is 14.1. The van der Waals surface area contributed by atoms with Crippen LogP contribution in [0.3, 0.4) is 0 Å². The van der Waals surface area contributed by atoms with E-state index in [1.165, 1.54) is 6.33 Å². The fourth-order valence-electron chi connectivity index (χ4n) is 2.86. The summed E-state index contributed by atoms with van der Waals surface area (Å²) in [4.78, 5) is 21.7. The van der Waals surface area contributed by atoms with Crippen molar-refractivity contribution < 1.29 is 9.63 Å². The maximum absolute atomic E-state index is 12.1. The van der Waals surface area contributed by atoms with Crippen molar-refractivity contribution >= 4 is 33.2 Å². The molecule has 1 aliphatic heterocycles. The molecule has 3 heterocycles. The molecule has 1 atom stereocenters. The molecule has 0 saturated carbocycles. The van der Waals surface area contributed by atoms with Gasteiger partial charge in [0.2, 0.25) is 0 Å². The predicted octanol–water partition coefficient (Wildman–Crippen LogP) is 2.76. The van der Waals surface area contributed by atoms with Gasteiger partial charge in [-0.2, -0.15) is 5.10 Å². The molecule has 24 heavy (non-hydrogen) atoms. The lowest BCUT2D eigenvalue weighted by Crippen LogP contribution is -2.39. The quantitative estimate of drug-likeness (QED) is 0.840. The summed E-state index contributed by atoms with van der Waals surface area (Å²) < 4.78 is 2.70. The molecule has 1 fully saturated rings. The van der Waals surface area contributed by atoms with Gasteiger partial charge >= 0.3 is 5.97 Å². The van der Waals surface area contributed by atoms with Crippen LogP contribution in [-0.4, -0.2) is 38.7 Å². The highest BCUT2D eigenvalue weighted by Crippen LogP contribution is 2.33. The van der Waals surface area contributed by atoms with Crippen LogP contribution in [0.1, 0.15) is 45.2 Å². The minimum Gasteiger partial charge on any atom is -0.382 e. The molecule has 2 N–H and O–H groups in total. The van der Waals surface area contributed by atoms with Crippen LogP contribution >= 0.6 is 15.9 Å². The van der Waals surface area contributed by atoms with Crippen LogP contribution in [0.4, 0.5) is 5.82 Å². The summed E-state index contributed by atoms with van der Waals surface area (Å²) in [5.74, 6) is 0.436. The number of carbonyl (C=O) groups is 1. The molecule has 3 rings (SSSR count). The van der Waals surface area contributed by atoms with Gasteiger partial charge in [0.25, 0.3) is 0 Å². The maximum atomic E-state index is 12.1. The Kier molecular flexibility index (Phi) is 4.52. The minimum absolute atomic E-state index is 0.208. The van der Waals surface area contributed by atoms with Gasteiger partial charge in [0.05, 0.1) is 5.41 Å². The van der Waals surface area contributed by atoms with E-state index < -0.39 is 5.41 Å². The lowest BCUT2D eigenvalue weighted by Gasteiger charge is -2.32. The van der Waals surface area contributed by atoms with E-state index in [2.05, 4.69) is 26.0 Å². The van der Waals surface area contributed by atoms with Crippen LogP contribution in [-0.2, 0) is 9.63 Å².